The fourth-order valence-electron chi connectivity index (χ4n) is 3.94. The lowest BCUT2D eigenvalue weighted by Gasteiger charge is -2.27. The average molecular weight is 505 g/mol. The van der Waals surface area contributed by atoms with E-state index in [1.807, 2.05) is 51.1 Å². The molecule has 1 aliphatic rings. The molecule has 1 saturated heterocycles. The molecule has 0 unspecified atom stereocenters. The van der Waals surface area contributed by atoms with Crippen LogP contribution in [0.1, 0.15) is 27.8 Å². The number of nitrogens with one attached hydrogen (secondary N) is 1. The van der Waals surface area contributed by atoms with Crippen molar-refractivity contribution in [3.05, 3.63) is 93.0 Å². The number of barbiturate groups is 1. The van der Waals surface area contributed by atoms with Crippen molar-refractivity contribution in [2.75, 3.05) is 12.0 Å². The SMILES string of the molecule is COc1cc(/C=C2\C(=O)NC(=O)N(c3cc(C)cc(C)c3)C2=O)cc(Cl)c1OCc1ccc(C)cc1. The minimum atomic E-state index is -0.803. The number of ether oxygens (including phenoxy) is 2. The average Bonchev–Trinajstić information content (AvgIpc) is 2.81. The van der Waals surface area contributed by atoms with Crippen molar-refractivity contribution in [2.45, 2.75) is 27.4 Å². The summed E-state index contributed by atoms with van der Waals surface area (Å²) in [5.41, 5.74) is 4.48. The van der Waals surface area contributed by atoms with Crippen LogP contribution in [0.25, 0.3) is 6.08 Å². The Hall–Kier alpha value is -4.10. The van der Waals surface area contributed by atoms with E-state index in [2.05, 4.69) is 5.32 Å². The number of hydrogen-bond acceptors (Lipinski definition) is 5. The zero-order valence-electron chi connectivity index (χ0n) is 20.3. The highest BCUT2D eigenvalue weighted by Gasteiger charge is 2.37. The number of amides is 4. The summed E-state index contributed by atoms with van der Waals surface area (Å²) in [6, 6.07) is 15.6. The van der Waals surface area contributed by atoms with E-state index in [0.717, 1.165) is 27.2 Å². The van der Waals surface area contributed by atoms with Crippen LogP contribution in [0.5, 0.6) is 11.5 Å². The first kappa shape index (κ1) is 25.0. The molecule has 0 spiro atoms. The second kappa shape index (κ2) is 10.3. The number of hydrogen-bond donors (Lipinski definition) is 1. The molecule has 4 amide bonds. The fraction of sp³-hybridized carbons (Fsp3) is 0.179. The van der Waals surface area contributed by atoms with E-state index in [1.54, 1.807) is 24.3 Å². The van der Waals surface area contributed by atoms with Gasteiger partial charge in [-0.2, -0.15) is 0 Å². The van der Waals surface area contributed by atoms with Crippen molar-refractivity contribution >= 4 is 41.2 Å². The third kappa shape index (κ3) is 5.26. The zero-order chi connectivity index (χ0) is 26.0. The lowest BCUT2D eigenvalue weighted by atomic mass is 10.0. The Kier molecular flexibility index (Phi) is 7.12. The van der Waals surface area contributed by atoms with Gasteiger partial charge in [0, 0.05) is 0 Å². The van der Waals surface area contributed by atoms with Gasteiger partial charge in [-0.15, -0.1) is 0 Å². The molecule has 0 atom stereocenters. The highest BCUT2D eigenvalue weighted by atomic mass is 35.5. The Balaban J connectivity index is 1.65. The molecule has 4 rings (SSSR count). The van der Waals surface area contributed by atoms with E-state index >= 15 is 0 Å². The number of anilines is 1. The van der Waals surface area contributed by atoms with Gasteiger partial charge in [-0.1, -0.05) is 47.5 Å². The summed E-state index contributed by atoms with van der Waals surface area (Å²) in [7, 11) is 1.47. The fourth-order valence-corrected chi connectivity index (χ4v) is 4.22. The minimum Gasteiger partial charge on any atom is -0.493 e. The Morgan fingerprint density at radius 1 is 0.917 bits per heavy atom. The first-order valence-corrected chi connectivity index (χ1v) is 11.6. The lowest BCUT2D eigenvalue weighted by molar-refractivity contribution is -0.122. The molecule has 1 N–H and O–H groups in total. The molecule has 8 heteroatoms. The summed E-state index contributed by atoms with van der Waals surface area (Å²) in [6.45, 7) is 6.01. The Morgan fingerprint density at radius 2 is 1.58 bits per heavy atom. The number of carbonyl (C=O) groups excluding carboxylic acids is 3. The van der Waals surface area contributed by atoms with Crippen molar-refractivity contribution in [2.24, 2.45) is 0 Å². The van der Waals surface area contributed by atoms with Gasteiger partial charge >= 0.3 is 6.03 Å². The molecule has 1 heterocycles. The third-order valence-electron chi connectivity index (χ3n) is 5.63. The van der Waals surface area contributed by atoms with Crippen molar-refractivity contribution in [3.8, 4) is 11.5 Å². The van der Waals surface area contributed by atoms with Gasteiger partial charge in [0.15, 0.2) is 11.5 Å². The Morgan fingerprint density at radius 3 is 2.22 bits per heavy atom. The quantitative estimate of drug-likeness (QED) is 0.353. The van der Waals surface area contributed by atoms with Crippen LogP contribution in [0.2, 0.25) is 5.02 Å². The van der Waals surface area contributed by atoms with Crippen LogP contribution in [-0.4, -0.2) is 25.0 Å². The molecule has 184 valence electrons. The molecule has 0 bridgehead atoms. The van der Waals surface area contributed by atoms with E-state index in [1.165, 1.54) is 13.2 Å². The van der Waals surface area contributed by atoms with Crippen LogP contribution in [-0.2, 0) is 16.2 Å². The van der Waals surface area contributed by atoms with Crippen molar-refractivity contribution in [1.82, 2.24) is 5.32 Å². The molecule has 3 aromatic carbocycles. The topological polar surface area (TPSA) is 84.9 Å². The molecule has 0 saturated carbocycles. The monoisotopic (exact) mass is 504 g/mol. The van der Waals surface area contributed by atoms with Gasteiger partial charge in [-0.05, 0) is 73.4 Å². The van der Waals surface area contributed by atoms with E-state index in [4.69, 9.17) is 21.1 Å². The maximum Gasteiger partial charge on any atom is 0.335 e. The molecule has 1 fully saturated rings. The maximum atomic E-state index is 13.3. The highest BCUT2D eigenvalue weighted by molar-refractivity contribution is 6.39. The van der Waals surface area contributed by atoms with Gasteiger partial charge in [0.05, 0.1) is 17.8 Å². The van der Waals surface area contributed by atoms with Gasteiger partial charge in [-0.25, -0.2) is 9.69 Å². The number of imide groups is 2. The van der Waals surface area contributed by atoms with E-state index in [-0.39, 0.29) is 17.2 Å². The third-order valence-corrected chi connectivity index (χ3v) is 5.91. The van der Waals surface area contributed by atoms with Crippen LogP contribution in [0.15, 0.2) is 60.2 Å². The van der Waals surface area contributed by atoms with Crippen LogP contribution < -0.4 is 19.7 Å². The van der Waals surface area contributed by atoms with E-state index < -0.39 is 17.8 Å². The first-order valence-electron chi connectivity index (χ1n) is 11.2. The highest BCUT2D eigenvalue weighted by Crippen LogP contribution is 2.38. The van der Waals surface area contributed by atoms with Crippen LogP contribution in [0.3, 0.4) is 0 Å². The molecule has 3 aromatic rings. The Labute approximate surface area is 214 Å². The standard InChI is InChI=1S/C28H25ClN2O5/c1-16-5-7-19(8-6-16)15-36-25-23(29)13-20(14-24(25)35-4)12-22-26(32)30-28(34)31(27(22)33)21-10-17(2)9-18(3)11-21/h5-14H,15H2,1-4H3,(H,30,32,34)/b22-12+. The number of halogens is 1. The summed E-state index contributed by atoms with van der Waals surface area (Å²) in [5, 5.41) is 2.48. The second-order valence-electron chi connectivity index (χ2n) is 8.61. The normalized spacial score (nSPS) is 14.8. The van der Waals surface area contributed by atoms with Gasteiger partial charge in [0.1, 0.15) is 12.2 Å². The van der Waals surface area contributed by atoms with Gasteiger partial charge in [0.2, 0.25) is 0 Å². The number of nitrogens with zero attached hydrogens (tertiary/aromatic N) is 1. The summed E-state index contributed by atoms with van der Waals surface area (Å²) in [4.78, 5) is 39.3. The molecule has 0 radical (unpaired) electrons. The molecule has 0 aromatic heterocycles. The largest absolute Gasteiger partial charge is 0.493 e. The molecule has 1 aliphatic heterocycles. The number of carbonyl (C=O) groups is 3. The lowest BCUT2D eigenvalue weighted by Crippen LogP contribution is -2.54. The van der Waals surface area contributed by atoms with Crippen molar-refractivity contribution in [3.63, 3.8) is 0 Å². The molecule has 0 aliphatic carbocycles. The minimum absolute atomic E-state index is 0.208. The molecular weight excluding hydrogens is 480 g/mol. The number of benzene rings is 3. The predicted molar refractivity (Wildman–Crippen MR) is 138 cm³/mol. The Bertz CT molecular complexity index is 1380. The number of aryl methyl sites for hydroxylation is 3. The molecule has 7 nitrogen and oxygen atoms in total. The molecule has 36 heavy (non-hydrogen) atoms. The zero-order valence-corrected chi connectivity index (χ0v) is 21.1. The van der Waals surface area contributed by atoms with Crippen molar-refractivity contribution < 1.29 is 23.9 Å². The van der Waals surface area contributed by atoms with Crippen molar-refractivity contribution in [1.29, 1.82) is 0 Å². The maximum absolute atomic E-state index is 13.3. The van der Waals surface area contributed by atoms with Gasteiger partial charge < -0.3 is 9.47 Å². The van der Waals surface area contributed by atoms with E-state index in [0.29, 0.717) is 22.7 Å². The second-order valence-corrected chi connectivity index (χ2v) is 9.02. The summed E-state index contributed by atoms with van der Waals surface area (Å²) >= 11 is 6.49. The number of urea groups is 1. The first-order chi connectivity index (χ1) is 17.2. The van der Waals surface area contributed by atoms with Crippen LogP contribution in [0.4, 0.5) is 10.5 Å². The summed E-state index contributed by atoms with van der Waals surface area (Å²) in [5.74, 6) is -0.843. The number of rotatable bonds is 6. The predicted octanol–water partition coefficient (Wildman–Crippen LogP) is 5.52. The van der Waals surface area contributed by atoms with Gasteiger partial charge in [-0.3, -0.25) is 14.9 Å². The summed E-state index contributed by atoms with van der Waals surface area (Å²) < 4.78 is 11.4. The van der Waals surface area contributed by atoms with Gasteiger partial charge in [0.25, 0.3) is 11.8 Å². The molecular formula is C28H25ClN2O5. The number of methoxy groups -OCH3 is 1. The smallest absolute Gasteiger partial charge is 0.335 e. The van der Waals surface area contributed by atoms with Crippen LogP contribution in [0, 0.1) is 20.8 Å². The summed E-state index contributed by atoms with van der Waals surface area (Å²) in [6.07, 6.45) is 1.37. The van der Waals surface area contributed by atoms with Crippen LogP contribution >= 0.6 is 11.6 Å². The van der Waals surface area contributed by atoms with E-state index in [9.17, 15) is 14.4 Å².